The van der Waals surface area contributed by atoms with Gasteiger partial charge in [0.1, 0.15) is 5.82 Å². The molecule has 0 radical (unpaired) electrons. The summed E-state index contributed by atoms with van der Waals surface area (Å²) >= 11 is 0. The van der Waals surface area contributed by atoms with Gasteiger partial charge in [-0.2, -0.15) is 13.2 Å². The van der Waals surface area contributed by atoms with E-state index in [4.69, 9.17) is 0 Å². The number of amides is 2. The molecule has 1 N–H and O–H groups in total. The number of benzene rings is 2. The van der Waals surface area contributed by atoms with Crippen LogP contribution in [0.3, 0.4) is 0 Å². The highest BCUT2D eigenvalue weighted by molar-refractivity contribution is 5.90. The zero-order valence-electron chi connectivity index (χ0n) is 13.8. The first-order valence-corrected chi connectivity index (χ1v) is 7.73. The van der Waals surface area contributed by atoms with E-state index in [1.165, 1.54) is 35.2 Å². The molecule has 7 heteroatoms. The summed E-state index contributed by atoms with van der Waals surface area (Å²) in [6.45, 7) is 3.72. The van der Waals surface area contributed by atoms with Crippen molar-refractivity contribution in [3.63, 3.8) is 0 Å². The number of nitrogens with one attached hydrogen (secondary N) is 1. The maximum Gasteiger partial charge on any atom is 0.418 e. The number of anilines is 1. The van der Waals surface area contributed by atoms with E-state index in [-0.39, 0.29) is 12.2 Å². The first-order valence-electron chi connectivity index (χ1n) is 7.73. The fourth-order valence-corrected chi connectivity index (χ4v) is 2.54. The van der Waals surface area contributed by atoms with Gasteiger partial charge in [-0.05, 0) is 43.7 Å². The van der Waals surface area contributed by atoms with Crippen molar-refractivity contribution in [1.29, 1.82) is 0 Å². The lowest BCUT2D eigenvalue weighted by atomic mass is 10.1. The number of hydrogen-bond donors (Lipinski definition) is 1. The van der Waals surface area contributed by atoms with Gasteiger partial charge < -0.3 is 10.2 Å². The Balaban J connectivity index is 2.22. The molecule has 0 fully saturated rings. The van der Waals surface area contributed by atoms with Crippen LogP contribution in [0, 0.1) is 5.82 Å². The minimum Gasteiger partial charge on any atom is -0.318 e. The van der Waals surface area contributed by atoms with Gasteiger partial charge in [-0.3, -0.25) is 0 Å². The lowest BCUT2D eigenvalue weighted by molar-refractivity contribution is -0.136. The second kappa shape index (κ2) is 7.55. The van der Waals surface area contributed by atoms with Crippen molar-refractivity contribution in [2.24, 2.45) is 0 Å². The third-order valence-electron chi connectivity index (χ3n) is 3.90. The van der Waals surface area contributed by atoms with Crippen LogP contribution in [-0.2, 0) is 6.18 Å². The Bertz CT molecular complexity index is 729. The van der Waals surface area contributed by atoms with Crippen LogP contribution < -0.4 is 5.32 Å². The molecule has 2 aromatic rings. The zero-order chi connectivity index (χ0) is 18.6. The zero-order valence-corrected chi connectivity index (χ0v) is 13.8. The molecule has 2 aromatic carbocycles. The number of urea groups is 1. The van der Waals surface area contributed by atoms with Gasteiger partial charge in [0.2, 0.25) is 0 Å². The Kier molecular flexibility index (Phi) is 5.66. The predicted octanol–water partition coefficient (Wildman–Crippen LogP) is 5.46. The molecule has 0 saturated carbocycles. The number of carbonyl (C=O) groups excluding carboxylic acids is 1. The summed E-state index contributed by atoms with van der Waals surface area (Å²) in [5, 5.41) is 2.32. The summed E-state index contributed by atoms with van der Waals surface area (Å²) in [6, 6.07) is 9.35. The average Bonchev–Trinajstić information content (AvgIpc) is 2.55. The van der Waals surface area contributed by atoms with Crippen molar-refractivity contribution in [1.82, 2.24) is 4.90 Å². The van der Waals surface area contributed by atoms with E-state index in [0.717, 1.165) is 6.07 Å². The van der Waals surface area contributed by atoms with E-state index in [1.54, 1.807) is 26.0 Å². The quantitative estimate of drug-likeness (QED) is 0.727. The molecule has 0 aliphatic heterocycles. The summed E-state index contributed by atoms with van der Waals surface area (Å²) < 4.78 is 52.2. The first kappa shape index (κ1) is 18.8. The van der Waals surface area contributed by atoms with Gasteiger partial charge in [-0.25, -0.2) is 9.18 Å². The van der Waals surface area contributed by atoms with Crippen molar-refractivity contribution >= 4 is 11.7 Å². The maximum absolute atomic E-state index is 13.0. The van der Waals surface area contributed by atoms with Crippen LogP contribution in [0.2, 0.25) is 0 Å². The first-order chi connectivity index (χ1) is 11.7. The Hall–Kier alpha value is -2.57. The Morgan fingerprint density at radius 2 is 1.72 bits per heavy atom. The smallest absolute Gasteiger partial charge is 0.318 e. The number of alkyl halides is 3. The molecule has 0 saturated heterocycles. The average molecular weight is 354 g/mol. The highest BCUT2D eigenvalue weighted by Crippen LogP contribution is 2.35. The van der Waals surface area contributed by atoms with Crippen LogP contribution in [0.5, 0.6) is 0 Å². The molecule has 2 amide bonds. The van der Waals surface area contributed by atoms with Gasteiger partial charge in [0, 0.05) is 6.54 Å². The lowest BCUT2D eigenvalue weighted by Gasteiger charge is -2.29. The SMILES string of the molecule is CCN(C(=O)Nc1ccccc1C(F)(F)F)C(C)c1ccc(F)cc1. The van der Waals surface area contributed by atoms with E-state index in [0.29, 0.717) is 5.56 Å². The molecule has 0 aliphatic carbocycles. The molecular formula is C18H18F4N2O. The molecule has 0 aliphatic rings. The number of rotatable bonds is 4. The van der Waals surface area contributed by atoms with Crippen LogP contribution in [0.1, 0.15) is 31.0 Å². The van der Waals surface area contributed by atoms with Crippen molar-refractivity contribution in [3.8, 4) is 0 Å². The minimum atomic E-state index is -4.57. The van der Waals surface area contributed by atoms with Crippen molar-refractivity contribution in [2.45, 2.75) is 26.1 Å². The molecule has 0 spiro atoms. The molecule has 0 aromatic heterocycles. The predicted molar refractivity (Wildman–Crippen MR) is 87.7 cm³/mol. The van der Waals surface area contributed by atoms with Crippen molar-refractivity contribution in [2.75, 3.05) is 11.9 Å². The Morgan fingerprint density at radius 1 is 1.12 bits per heavy atom. The van der Waals surface area contributed by atoms with E-state index in [2.05, 4.69) is 5.32 Å². The number of para-hydroxylation sites is 1. The van der Waals surface area contributed by atoms with Gasteiger partial charge in [0.05, 0.1) is 17.3 Å². The molecule has 2 rings (SSSR count). The number of halogens is 4. The summed E-state index contributed by atoms with van der Waals surface area (Å²) in [5.74, 6) is -0.400. The van der Waals surface area contributed by atoms with E-state index < -0.39 is 29.6 Å². The molecule has 0 bridgehead atoms. The van der Waals surface area contributed by atoms with Gasteiger partial charge in [0.15, 0.2) is 0 Å². The van der Waals surface area contributed by atoms with Gasteiger partial charge in [-0.1, -0.05) is 24.3 Å². The van der Waals surface area contributed by atoms with Crippen LogP contribution in [-0.4, -0.2) is 17.5 Å². The molecular weight excluding hydrogens is 336 g/mol. The van der Waals surface area contributed by atoms with Crippen LogP contribution >= 0.6 is 0 Å². The highest BCUT2D eigenvalue weighted by Gasteiger charge is 2.34. The standard InChI is InChI=1S/C18H18F4N2O/c1-3-24(12(2)13-8-10-14(19)11-9-13)17(25)23-16-7-5-4-6-15(16)18(20,21)22/h4-12H,3H2,1-2H3,(H,23,25). The molecule has 0 heterocycles. The number of nitrogens with zero attached hydrogens (tertiary/aromatic N) is 1. The molecule has 134 valence electrons. The fraction of sp³-hybridized carbons (Fsp3) is 0.278. The largest absolute Gasteiger partial charge is 0.418 e. The second-order valence-electron chi connectivity index (χ2n) is 5.49. The molecule has 1 unspecified atom stereocenters. The molecule has 25 heavy (non-hydrogen) atoms. The van der Waals surface area contributed by atoms with Gasteiger partial charge in [-0.15, -0.1) is 0 Å². The second-order valence-corrected chi connectivity index (χ2v) is 5.49. The highest BCUT2D eigenvalue weighted by atomic mass is 19.4. The summed E-state index contributed by atoms with van der Waals surface area (Å²) in [4.78, 5) is 13.9. The summed E-state index contributed by atoms with van der Waals surface area (Å²) in [6.07, 6.45) is -4.57. The number of carbonyl (C=O) groups is 1. The summed E-state index contributed by atoms with van der Waals surface area (Å²) in [5.41, 5.74) is -0.527. The van der Waals surface area contributed by atoms with Crippen molar-refractivity contribution < 1.29 is 22.4 Å². The van der Waals surface area contributed by atoms with Gasteiger partial charge in [0.25, 0.3) is 0 Å². The van der Waals surface area contributed by atoms with Crippen LogP contribution in [0.25, 0.3) is 0 Å². The summed E-state index contributed by atoms with van der Waals surface area (Å²) in [7, 11) is 0. The molecule has 3 nitrogen and oxygen atoms in total. The van der Waals surface area contributed by atoms with E-state index in [9.17, 15) is 22.4 Å². The fourth-order valence-electron chi connectivity index (χ4n) is 2.54. The molecule has 1 atom stereocenters. The third kappa shape index (κ3) is 4.49. The third-order valence-corrected chi connectivity index (χ3v) is 3.90. The van der Waals surface area contributed by atoms with Crippen molar-refractivity contribution in [3.05, 3.63) is 65.5 Å². The van der Waals surface area contributed by atoms with E-state index >= 15 is 0 Å². The monoisotopic (exact) mass is 354 g/mol. The topological polar surface area (TPSA) is 32.3 Å². The van der Waals surface area contributed by atoms with Crippen LogP contribution in [0.4, 0.5) is 28.0 Å². The minimum absolute atomic E-state index is 0.276. The Morgan fingerprint density at radius 3 is 2.28 bits per heavy atom. The van der Waals surface area contributed by atoms with Crippen LogP contribution in [0.15, 0.2) is 48.5 Å². The maximum atomic E-state index is 13.0. The Labute approximate surface area is 143 Å². The number of hydrogen-bond acceptors (Lipinski definition) is 1. The normalized spacial score (nSPS) is 12.6. The van der Waals surface area contributed by atoms with E-state index in [1.807, 2.05) is 0 Å². The lowest BCUT2D eigenvalue weighted by Crippen LogP contribution is -2.37. The van der Waals surface area contributed by atoms with Gasteiger partial charge >= 0.3 is 12.2 Å².